The van der Waals surface area contributed by atoms with E-state index in [1.165, 1.54) is 28.4 Å². The molecule has 4 atom stereocenters. The number of aliphatic carboxylic acids is 1. The van der Waals surface area contributed by atoms with Crippen molar-refractivity contribution in [3.8, 4) is 0 Å². The van der Waals surface area contributed by atoms with Crippen LogP contribution in [-0.2, 0) is 16.0 Å². The number of nitrogens with two attached hydrogens (primary N) is 1. The largest absolute Gasteiger partial charge is 0.481 e. The molecule has 0 saturated carbocycles. The summed E-state index contributed by atoms with van der Waals surface area (Å²) in [7, 11) is 0. The molecule has 0 radical (unpaired) electrons. The zero-order valence-corrected chi connectivity index (χ0v) is 14.8. The lowest BCUT2D eigenvalue weighted by atomic mass is 9.82. The predicted octanol–water partition coefficient (Wildman–Crippen LogP) is -2.27. The van der Waals surface area contributed by atoms with Crippen LogP contribution in [0.4, 0.5) is 0 Å². The molecule has 2 aliphatic heterocycles. The maximum Gasteiger partial charge on any atom is 0.313 e. The topological polar surface area (TPSA) is 193 Å². The van der Waals surface area contributed by atoms with E-state index in [9.17, 15) is 14.7 Å². The zero-order chi connectivity index (χ0) is 18.3. The molecule has 2 aromatic heterocycles. The highest BCUT2D eigenvalue weighted by Gasteiger charge is 2.59. The lowest BCUT2D eigenvalue weighted by Crippen LogP contribution is -2.73. The van der Waals surface area contributed by atoms with E-state index in [1.807, 2.05) is 0 Å². The zero-order valence-electron chi connectivity index (χ0n) is 13.1. The van der Waals surface area contributed by atoms with Gasteiger partial charge in [0.05, 0.1) is 0 Å². The van der Waals surface area contributed by atoms with Crippen LogP contribution in [0.25, 0.3) is 0 Å². The summed E-state index contributed by atoms with van der Waals surface area (Å²) in [4.78, 5) is 25.9. The molecule has 138 valence electrons. The minimum absolute atomic E-state index is 0.0628. The van der Waals surface area contributed by atoms with Crippen LogP contribution in [-0.4, -0.2) is 92.1 Å². The number of nitrogens with zero attached hydrogens (tertiary/aromatic N) is 7. The minimum atomic E-state index is -1.23. The Bertz CT molecular complexity index is 765. The molecule has 5 N–H and O–H groups in total. The highest BCUT2D eigenvalue weighted by molar-refractivity contribution is 8.01. The van der Waals surface area contributed by atoms with E-state index in [4.69, 9.17) is 5.73 Å². The minimum Gasteiger partial charge on any atom is -0.481 e. The van der Waals surface area contributed by atoms with Crippen molar-refractivity contribution in [3.05, 3.63) is 5.82 Å². The third-order valence-electron chi connectivity index (χ3n) is 4.54. The Labute approximate surface area is 154 Å². The van der Waals surface area contributed by atoms with Gasteiger partial charge in [-0.25, -0.2) is 10.2 Å². The molecule has 2 aliphatic rings. The van der Waals surface area contributed by atoms with E-state index >= 15 is 0 Å². The highest BCUT2D eigenvalue weighted by atomic mass is 32.2. The number of hydrogen-bond donors (Lipinski definition) is 4. The SMILES string of the molecule is NC1C(=O)N2CC(C(=O)O)(C(Cc3nnn[nH]3)Sc3nnn[nH]3)CS[C@H]12. The monoisotopic (exact) mass is 398 g/mol. The molecule has 4 heterocycles. The fourth-order valence-electron chi connectivity index (χ4n) is 3.08. The van der Waals surface area contributed by atoms with Gasteiger partial charge in [0, 0.05) is 24.0 Å². The molecule has 2 aromatic rings. The van der Waals surface area contributed by atoms with Crippen molar-refractivity contribution in [2.24, 2.45) is 11.1 Å². The van der Waals surface area contributed by atoms with Crippen LogP contribution in [0.1, 0.15) is 5.82 Å². The van der Waals surface area contributed by atoms with Gasteiger partial charge in [-0.2, -0.15) is 0 Å². The molecule has 0 spiro atoms. The summed E-state index contributed by atoms with van der Waals surface area (Å²) in [5.41, 5.74) is 4.57. The Morgan fingerprint density at radius 2 is 2.19 bits per heavy atom. The van der Waals surface area contributed by atoms with E-state index in [1.54, 1.807) is 0 Å². The average Bonchev–Trinajstić information content (AvgIpc) is 3.33. The Kier molecular flexibility index (Phi) is 4.28. The van der Waals surface area contributed by atoms with Crippen molar-refractivity contribution in [3.63, 3.8) is 0 Å². The van der Waals surface area contributed by atoms with Gasteiger partial charge in [-0.15, -0.1) is 22.0 Å². The van der Waals surface area contributed by atoms with Gasteiger partial charge in [0.2, 0.25) is 11.1 Å². The fourth-order valence-corrected chi connectivity index (χ4v) is 5.93. The Morgan fingerprint density at radius 3 is 2.85 bits per heavy atom. The van der Waals surface area contributed by atoms with Crippen molar-refractivity contribution in [2.75, 3.05) is 12.3 Å². The standard InChI is InChI=1S/C11H14N10O3S2/c12-6-7(22)21-2-11(9(23)24,3-25-8(6)21)4(1-5-13-17-18-14-5)26-10-15-19-20-16-10/h4,6,8H,1-3,12H2,(H,23,24)(H,13,14,17,18)(H,15,16,19,20)/t4?,6?,8-,11?/m1/s1. The lowest BCUT2D eigenvalue weighted by molar-refractivity contribution is -0.156. The molecule has 15 heteroatoms. The Morgan fingerprint density at radius 1 is 1.42 bits per heavy atom. The summed E-state index contributed by atoms with van der Waals surface area (Å²) < 4.78 is 0. The first-order valence-corrected chi connectivity index (χ1v) is 9.48. The van der Waals surface area contributed by atoms with E-state index in [0.29, 0.717) is 16.7 Å². The second kappa shape index (κ2) is 6.48. The van der Waals surface area contributed by atoms with Crippen LogP contribution in [0.2, 0.25) is 0 Å². The van der Waals surface area contributed by atoms with Gasteiger partial charge in [0.25, 0.3) is 0 Å². The molecule has 2 saturated heterocycles. The summed E-state index contributed by atoms with van der Waals surface area (Å²) >= 11 is 2.56. The smallest absolute Gasteiger partial charge is 0.313 e. The molecule has 0 aromatic carbocycles. The number of hydrogen-bond acceptors (Lipinski definition) is 11. The summed E-state index contributed by atoms with van der Waals surface area (Å²) in [5, 5.41) is 36.8. The fraction of sp³-hybridized carbons (Fsp3) is 0.636. The number of rotatable bonds is 6. The van der Waals surface area contributed by atoms with Crippen LogP contribution in [0.3, 0.4) is 0 Å². The van der Waals surface area contributed by atoms with E-state index in [2.05, 4.69) is 41.2 Å². The van der Waals surface area contributed by atoms with Crippen molar-refractivity contribution in [1.82, 2.24) is 46.1 Å². The number of carbonyl (C=O) groups excluding carboxylic acids is 1. The number of nitrogens with one attached hydrogen (secondary N) is 2. The van der Waals surface area contributed by atoms with Crippen molar-refractivity contribution >= 4 is 35.4 Å². The third kappa shape index (κ3) is 2.71. The molecule has 0 bridgehead atoms. The quantitative estimate of drug-likeness (QED) is 0.301. The second-order valence-corrected chi connectivity index (χ2v) is 8.32. The highest BCUT2D eigenvalue weighted by Crippen LogP contribution is 2.47. The molecular weight excluding hydrogens is 384 g/mol. The molecular formula is C11H14N10O3S2. The first kappa shape index (κ1) is 17.2. The number of carbonyl (C=O) groups is 2. The third-order valence-corrected chi connectivity index (χ3v) is 7.41. The molecule has 2 fully saturated rings. The number of aromatic amines is 2. The van der Waals surface area contributed by atoms with Crippen LogP contribution in [0, 0.1) is 5.41 Å². The summed E-state index contributed by atoms with van der Waals surface area (Å²) in [6.45, 7) is 0.0628. The lowest BCUT2D eigenvalue weighted by Gasteiger charge is -2.54. The van der Waals surface area contributed by atoms with Crippen molar-refractivity contribution < 1.29 is 14.7 Å². The number of β-lactam (4-membered cyclic amide) rings is 1. The maximum atomic E-state index is 12.3. The van der Waals surface area contributed by atoms with Gasteiger partial charge in [-0.3, -0.25) is 9.59 Å². The van der Waals surface area contributed by atoms with Gasteiger partial charge >= 0.3 is 5.97 Å². The van der Waals surface area contributed by atoms with Gasteiger partial charge in [0.15, 0.2) is 0 Å². The number of amides is 1. The van der Waals surface area contributed by atoms with Crippen molar-refractivity contribution in [1.29, 1.82) is 0 Å². The maximum absolute atomic E-state index is 12.3. The normalized spacial score (nSPS) is 29.1. The number of thioether (sulfide) groups is 2. The first-order chi connectivity index (χ1) is 12.5. The number of tetrazole rings is 2. The summed E-state index contributed by atoms with van der Waals surface area (Å²) in [6.07, 6.45) is 0.240. The average molecular weight is 398 g/mol. The predicted molar refractivity (Wildman–Crippen MR) is 87.7 cm³/mol. The molecule has 26 heavy (non-hydrogen) atoms. The van der Waals surface area contributed by atoms with E-state index in [0.717, 1.165) is 0 Å². The molecule has 4 rings (SSSR count). The van der Waals surface area contributed by atoms with Crippen molar-refractivity contribution in [2.45, 2.75) is 28.2 Å². The number of fused-ring (bicyclic) bond motifs is 1. The molecule has 0 aliphatic carbocycles. The van der Waals surface area contributed by atoms with Crippen LogP contribution >= 0.6 is 23.5 Å². The van der Waals surface area contributed by atoms with Gasteiger partial charge in [0.1, 0.15) is 22.7 Å². The van der Waals surface area contributed by atoms with Crippen LogP contribution < -0.4 is 5.73 Å². The number of carboxylic acids is 1. The number of aromatic nitrogens is 8. The van der Waals surface area contributed by atoms with Crippen LogP contribution in [0.5, 0.6) is 0 Å². The molecule has 13 nitrogen and oxygen atoms in total. The van der Waals surface area contributed by atoms with Gasteiger partial charge in [-0.05, 0) is 20.9 Å². The van der Waals surface area contributed by atoms with Gasteiger partial charge < -0.3 is 15.7 Å². The second-order valence-electron chi connectivity index (χ2n) is 6.02. The van der Waals surface area contributed by atoms with Crippen LogP contribution in [0.15, 0.2) is 5.16 Å². The Balaban J connectivity index is 1.66. The molecule has 3 unspecified atom stereocenters. The first-order valence-electron chi connectivity index (χ1n) is 7.55. The number of carboxylic acid groups (broad SMARTS) is 1. The van der Waals surface area contributed by atoms with E-state index < -0.39 is 22.7 Å². The summed E-state index contributed by atoms with van der Waals surface area (Å²) in [6, 6.07) is -0.574. The number of H-pyrrole nitrogens is 2. The Hall–Kier alpha value is -2.26. The van der Waals surface area contributed by atoms with Gasteiger partial charge in [-0.1, -0.05) is 11.8 Å². The molecule has 1 amide bonds. The van der Waals surface area contributed by atoms with E-state index in [-0.39, 0.29) is 24.2 Å². The summed E-state index contributed by atoms with van der Waals surface area (Å²) in [5.74, 6) is -0.506.